The Morgan fingerprint density at radius 1 is 1.11 bits per heavy atom. The monoisotopic (exact) mass is 376 g/mol. The largest absolute Gasteiger partial charge is 0.442 e. The molecule has 0 aliphatic heterocycles. The molecule has 28 heavy (non-hydrogen) atoms. The van der Waals surface area contributed by atoms with Crippen molar-refractivity contribution < 1.29 is 4.52 Å². The molecule has 0 unspecified atom stereocenters. The van der Waals surface area contributed by atoms with E-state index >= 15 is 0 Å². The van der Waals surface area contributed by atoms with Crippen molar-refractivity contribution in [2.24, 2.45) is 0 Å². The first-order valence-corrected chi connectivity index (χ1v) is 8.41. The lowest BCUT2D eigenvalue weighted by Crippen LogP contribution is -2.19. The molecule has 0 radical (unpaired) electrons. The molecule has 10 heteroatoms. The summed E-state index contributed by atoms with van der Waals surface area (Å²) in [6.45, 7) is 1.97. The highest BCUT2D eigenvalue weighted by atomic mass is 16.5. The molecule has 10 nitrogen and oxygen atoms in total. The second-order valence-corrected chi connectivity index (χ2v) is 5.95. The van der Waals surface area contributed by atoms with Gasteiger partial charge >= 0.3 is 5.76 Å². The van der Waals surface area contributed by atoms with Crippen LogP contribution >= 0.6 is 0 Å². The number of para-hydroxylation sites is 1. The standard InChI is InChI=1S/C18H16N8O2/c1-11-6-2-3-7-12(11)21-17-23-14(22-16(19)24-17)10-26-15(25-28-18(26)27)13-8-4-5-9-20-13/h2-9H,10H2,1H3,(H3,19,21,22,23,24). The number of hydrogen-bond acceptors (Lipinski definition) is 9. The normalized spacial score (nSPS) is 10.8. The maximum Gasteiger partial charge on any atom is 0.442 e. The van der Waals surface area contributed by atoms with Crippen LogP contribution in [-0.2, 0) is 6.54 Å². The number of rotatable bonds is 5. The highest BCUT2D eigenvalue weighted by molar-refractivity contribution is 5.58. The Morgan fingerprint density at radius 3 is 2.71 bits per heavy atom. The summed E-state index contributed by atoms with van der Waals surface area (Å²) < 4.78 is 6.08. The van der Waals surface area contributed by atoms with Crippen LogP contribution in [0.1, 0.15) is 11.4 Å². The molecule has 140 valence electrons. The minimum Gasteiger partial charge on any atom is -0.368 e. The Morgan fingerprint density at radius 2 is 1.93 bits per heavy atom. The molecule has 0 fully saturated rings. The van der Waals surface area contributed by atoms with Crippen molar-refractivity contribution in [3.8, 4) is 11.5 Å². The molecular weight excluding hydrogens is 360 g/mol. The Kier molecular flexibility index (Phi) is 4.50. The van der Waals surface area contributed by atoms with E-state index in [0.717, 1.165) is 11.3 Å². The third kappa shape index (κ3) is 3.56. The van der Waals surface area contributed by atoms with Gasteiger partial charge in [-0.3, -0.25) is 9.51 Å². The van der Waals surface area contributed by atoms with Gasteiger partial charge in [0.15, 0.2) is 5.82 Å². The number of benzene rings is 1. The van der Waals surface area contributed by atoms with Crippen LogP contribution in [0, 0.1) is 6.92 Å². The molecule has 3 heterocycles. The minimum absolute atomic E-state index is 0.00339. The van der Waals surface area contributed by atoms with Gasteiger partial charge < -0.3 is 11.1 Å². The van der Waals surface area contributed by atoms with Crippen LogP contribution in [0.5, 0.6) is 0 Å². The van der Waals surface area contributed by atoms with Gasteiger partial charge in [0.25, 0.3) is 0 Å². The molecule has 0 saturated carbocycles. The molecule has 0 saturated heterocycles. The molecule has 0 atom stereocenters. The molecule has 0 aliphatic rings. The molecule has 1 aromatic carbocycles. The van der Waals surface area contributed by atoms with Crippen molar-refractivity contribution in [1.82, 2.24) is 29.7 Å². The van der Waals surface area contributed by atoms with Gasteiger partial charge in [-0.05, 0) is 30.7 Å². The lowest BCUT2D eigenvalue weighted by Gasteiger charge is -2.09. The smallest absolute Gasteiger partial charge is 0.368 e. The zero-order valence-corrected chi connectivity index (χ0v) is 14.9. The van der Waals surface area contributed by atoms with Crippen molar-refractivity contribution in [3.63, 3.8) is 0 Å². The SMILES string of the molecule is Cc1ccccc1Nc1nc(N)nc(Cn2c(-c3ccccn3)noc2=O)n1. The number of nitrogens with two attached hydrogens (primary N) is 1. The van der Waals surface area contributed by atoms with Crippen molar-refractivity contribution in [1.29, 1.82) is 0 Å². The number of hydrogen-bond donors (Lipinski definition) is 2. The Balaban J connectivity index is 1.67. The molecule has 0 spiro atoms. The van der Waals surface area contributed by atoms with Crippen molar-refractivity contribution in [2.45, 2.75) is 13.5 Å². The average Bonchev–Trinajstić information content (AvgIpc) is 3.04. The van der Waals surface area contributed by atoms with E-state index < -0.39 is 5.76 Å². The summed E-state index contributed by atoms with van der Waals surface area (Å²) >= 11 is 0. The first-order valence-electron chi connectivity index (χ1n) is 8.41. The lowest BCUT2D eigenvalue weighted by molar-refractivity contribution is 0.377. The summed E-state index contributed by atoms with van der Waals surface area (Å²) in [4.78, 5) is 28.9. The fraction of sp³-hybridized carbons (Fsp3) is 0.111. The van der Waals surface area contributed by atoms with Crippen molar-refractivity contribution in [3.05, 3.63) is 70.6 Å². The van der Waals surface area contributed by atoms with Crippen LogP contribution in [0.25, 0.3) is 11.5 Å². The minimum atomic E-state index is -0.645. The maximum absolute atomic E-state index is 12.1. The summed E-state index contributed by atoms with van der Waals surface area (Å²) in [7, 11) is 0. The van der Waals surface area contributed by atoms with Gasteiger partial charge in [-0.25, -0.2) is 9.36 Å². The van der Waals surface area contributed by atoms with E-state index in [4.69, 9.17) is 10.3 Å². The fourth-order valence-electron chi connectivity index (χ4n) is 2.63. The molecular formula is C18H16N8O2. The van der Waals surface area contributed by atoms with Crippen LogP contribution < -0.4 is 16.8 Å². The highest BCUT2D eigenvalue weighted by Gasteiger charge is 2.16. The number of nitrogens with one attached hydrogen (secondary N) is 1. The van der Waals surface area contributed by atoms with E-state index in [2.05, 4.69) is 30.4 Å². The Bertz CT molecular complexity index is 1170. The predicted molar refractivity (Wildman–Crippen MR) is 102 cm³/mol. The first kappa shape index (κ1) is 17.3. The summed E-state index contributed by atoms with van der Waals surface area (Å²) in [5, 5.41) is 6.91. The van der Waals surface area contributed by atoms with Crippen molar-refractivity contribution >= 4 is 17.6 Å². The van der Waals surface area contributed by atoms with E-state index in [1.807, 2.05) is 31.2 Å². The van der Waals surface area contributed by atoms with Crippen molar-refractivity contribution in [2.75, 3.05) is 11.1 Å². The zero-order chi connectivity index (χ0) is 19.5. The number of aromatic nitrogens is 6. The molecule has 3 N–H and O–H groups in total. The number of anilines is 3. The predicted octanol–water partition coefficient (Wildman–Crippen LogP) is 1.77. The topological polar surface area (TPSA) is 138 Å². The summed E-state index contributed by atoms with van der Waals surface area (Å²) in [5.74, 6) is 0.225. The van der Waals surface area contributed by atoms with E-state index in [1.54, 1.807) is 24.4 Å². The van der Waals surface area contributed by atoms with Gasteiger partial charge in [-0.2, -0.15) is 15.0 Å². The van der Waals surface area contributed by atoms with Gasteiger partial charge in [-0.15, -0.1) is 0 Å². The Hall–Kier alpha value is -4.08. The number of nitrogen functional groups attached to an aromatic ring is 1. The van der Waals surface area contributed by atoms with Crippen LogP contribution in [0.4, 0.5) is 17.6 Å². The number of aryl methyl sites for hydroxylation is 1. The highest BCUT2D eigenvalue weighted by Crippen LogP contribution is 2.18. The van der Waals surface area contributed by atoms with Gasteiger partial charge in [-0.1, -0.05) is 29.4 Å². The zero-order valence-electron chi connectivity index (χ0n) is 14.9. The summed E-state index contributed by atoms with van der Waals surface area (Å²) in [5.41, 5.74) is 8.19. The van der Waals surface area contributed by atoms with E-state index in [1.165, 1.54) is 4.57 Å². The van der Waals surface area contributed by atoms with Crippen LogP contribution in [0.15, 0.2) is 58.0 Å². The molecule has 4 aromatic rings. The lowest BCUT2D eigenvalue weighted by atomic mass is 10.2. The average molecular weight is 376 g/mol. The second kappa shape index (κ2) is 7.27. The first-order chi connectivity index (χ1) is 13.6. The Labute approximate surface area is 159 Å². The second-order valence-electron chi connectivity index (χ2n) is 5.95. The van der Waals surface area contributed by atoms with E-state index in [9.17, 15) is 4.79 Å². The number of pyridine rings is 1. The third-order valence-corrected chi connectivity index (χ3v) is 3.97. The summed E-state index contributed by atoms with van der Waals surface area (Å²) in [6.07, 6.45) is 1.60. The third-order valence-electron chi connectivity index (χ3n) is 3.97. The molecule has 3 aromatic heterocycles. The van der Waals surface area contributed by atoms with Gasteiger partial charge in [0.1, 0.15) is 5.69 Å². The maximum atomic E-state index is 12.1. The molecule has 0 amide bonds. The van der Waals surface area contributed by atoms with E-state index in [0.29, 0.717) is 5.69 Å². The van der Waals surface area contributed by atoms with Gasteiger partial charge in [0.2, 0.25) is 17.7 Å². The molecule has 0 aliphatic carbocycles. The summed E-state index contributed by atoms with van der Waals surface area (Å²) in [6, 6.07) is 13.0. The van der Waals surface area contributed by atoms with Crippen LogP contribution in [0.2, 0.25) is 0 Å². The molecule has 4 rings (SSSR count). The van der Waals surface area contributed by atoms with Gasteiger partial charge in [0, 0.05) is 11.9 Å². The quantitative estimate of drug-likeness (QED) is 0.533. The number of nitrogens with zero attached hydrogens (tertiary/aromatic N) is 6. The van der Waals surface area contributed by atoms with E-state index in [-0.39, 0.29) is 30.1 Å². The van der Waals surface area contributed by atoms with Crippen LogP contribution in [-0.4, -0.2) is 29.7 Å². The fourth-order valence-corrected chi connectivity index (χ4v) is 2.63. The van der Waals surface area contributed by atoms with Gasteiger partial charge in [0.05, 0.1) is 6.54 Å². The molecule has 0 bridgehead atoms. The van der Waals surface area contributed by atoms with Crippen LogP contribution in [0.3, 0.4) is 0 Å².